The third-order valence-electron chi connectivity index (χ3n) is 4.03. The van der Waals surface area contributed by atoms with Crippen molar-refractivity contribution in [3.8, 4) is 5.75 Å². The summed E-state index contributed by atoms with van der Waals surface area (Å²) >= 11 is 0. The molecule has 0 saturated heterocycles. The molecule has 0 saturated carbocycles. The van der Waals surface area contributed by atoms with E-state index in [9.17, 15) is 13.2 Å². The number of nitrogens with zero attached hydrogens (tertiary/aromatic N) is 1. The lowest BCUT2D eigenvalue weighted by Crippen LogP contribution is -2.28. The number of para-hydroxylation sites is 2. The normalized spacial score (nSPS) is 10.8. The van der Waals surface area contributed by atoms with Gasteiger partial charge in [0.15, 0.2) is 0 Å². The fraction of sp³-hybridized carbons (Fsp3) is 0.143. The van der Waals surface area contributed by atoms with Gasteiger partial charge in [0.25, 0.3) is 10.0 Å². The van der Waals surface area contributed by atoms with E-state index >= 15 is 0 Å². The highest BCUT2D eigenvalue weighted by Crippen LogP contribution is 2.27. The predicted molar refractivity (Wildman–Crippen MR) is 115 cm³/mol. The summed E-state index contributed by atoms with van der Waals surface area (Å²) in [5, 5.41) is 5.37. The van der Waals surface area contributed by atoms with Crippen LogP contribution in [0.5, 0.6) is 5.75 Å². The average molecular weight is 426 g/mol. The van der Waals surface area contributed by atoms with Gasteiger partial charge in [-0.1, -0.05) is 18.2 Å². The summed E-state index contributed by atoms with van der Waals surface area (Å²) in [6.45, 7) is 2.57. The Kier molecular flexibility index (Phi) is 6.87. The number of hydrogen-bond acceptors (Lipinski definition) is 5. The topological polar surface area (TPSA) is 109 Å². The van der Waals surface area contributed by atoms with E-state index in [1.165, 1.54) is 24.3 Å². The summed E-state index contributed by atoms with van der Waals surface area (Å²) in [6, 6.07) is 15.9. The van der Waals surface area contributed by atoms with Crippen LogP contribution >= 0.6 is 0 Å². The van der Waals surface area contributed by atoms with E-state index in [1.807, 2.05) is 13.0 Å². The molecule has 0 unspecified atom stereocenters. The van der Waals surface area contributed by atoms with Crippen LogP contribution in [-0.2, 0) is 16.6 Å². The van der Waals surface area contributed by atoms with Crippen molar-refractivity contribution < 1.29 is 17.9 Å². The van der Waals surface area contributed by atoms with Gasteiger partial charge in [-0.15, -0.1) is 0 Å². The highest BCUT2D eigenvalue weighted by molar-refractivity contribution is 7.92. The molecule has 0 aliphatic rings. The van der Waals surface area contributed by atoms with Gasteiger partial charge in [-0.05, 0) is 55.0 Å². The molecule has 2 aromatic carbocycles. The van der Waals surface area contributed by atoms with Crippen LogP contribution < -0.4 is 20.1 Å². The zero-order valence-electron chi connectivity index (χ0n) is 16.3. The fourth-order valence-corrected chi connectivity index (χ4v) is 3.68. The molecule has 0 spiro atoms. The SMILES string of the molecule is CCOc1ccccc1NS(=O)(=O)c1ccc(NC(=O)NCc2cccnc2)cc1. The maximum Gasteiger partial charge on any atom is 0.319 e. The van der Waals surface area contributed by atoms with Crippen molar-refractivity contribution in [3.05, 3.63) is 78.6 Å². The van der Waals surface area contributed by atoms with Gasteiger partial charge in [0.1, 0.15) is 5.75 Å². The van der Waals surface area contributed by atoms with Crippen LogP contribution in [0.1, 0.15) is 12.5 Å². The Balaban J connectivity index is 1.62. The number of carbonyl (C=O) groups is 1. The van der Waals surface area contributed by atoms with Gasteiger partial charge in [-0.25, -0.2) is 13.2 Å². The summed E-state index contributed by atoms with van der Waals surface area (Å²) in [5.74, 6) is 0.451. The van der Waals surface area contributed by atoms with E-state index < -0.39 is 16.1 Å². The number of hydrogen-bond donors (Lipinski definition) is 3. The Bertz CT molecular complexity index is 1090. The molecule has 0 aliphatic heterocycles. The first-order chi connectivity index (χ1) is 14.5. The molecule has 8 nitrogen and oxygen atoms in total. The van der Waals surface area contributed by atoms with Gasteiger partial charge in [0, 0.05) is 24.6 Å². The molecule has 0 radical (unpaired) electrons. The molecule has 0 bridgehead atoms. The van der Waals surface area contributed by atoms with Crippen molar-refractivity contribution in [1.82, 2.24) is 10.3 Å². The van der Waals surface area contributed by atoms with Gasteiger partial charge in [-0.2, -0.15) is 0 Å². The lowest BCUT2D eigenvalue weighted by Gasteiger charge is -2.13. The van der Waals surface area contributed by atoms with E-state index in [4.69, 9.17) is 4.74 Å². The van der Waals surface area contributed by atoms with Gasteiger partial charge < -0.3 is 15.4 Å². The third-order valence-corrected chi connectivity index (χ3v) is 5.41. The van der Waals surface area contributed by atoms with Crippen molar-refractivity contribution in [1.29, 1.82) is 0 Å². The first-order valence-corrected chi connectivity index (χ1v) is 10.7. The summed E-state index contributed by atoms with van der Waals surface area (Å²) in [5.41, 5.74) is 1.69. The first-order valence-electron chi connectivity index (χ1n) is 9.26. The molecule has 2 amide bonds. The molecule has 156 valence electrons. The van der Waals surface area contributed by atoms with Gasteiger partial charge in [0.05, 0.1) is 17.2 Å². The second-order valence-electron chi connectivity index (χ2n) is 6.23. The maximum absolute atomic E-state index is 12.7. The van der Waals surface area contributed by atoms with Crippen LogP contribution in [0.15, 0.2) is 78.0 Å². The minimum Gasteiger partial charge on any atom is -0.492 e. The molecular weight excluding hydrogens is 404 g/mol. The third kappa shape index (κ3) is 5.71. The minimum absolute atomic E-state index is 0.0649. The number of aromatic nitrogens is 1. The molecule has 9 heteroatoms. The van der Waals surface area contributed by atoms with E-state index in [-0.39, 0.29) is 4.90 Å². The van der Waals surface area contributed by atoms with Crippen LogP contribution in [0.4, 0.5) is 16.2 Å². The Hall–Kier alpha value is -3.59. The molecular formula is C21H22N4O4S. The molecule has 1 aromatic heterocycles. The number of anilines is 2. The maximum atomic E-state index is 12.7. The highest BCUT2D eigenvalue weighted by Gasteiger charge is 2.16. The quantitative estimate of drug-likeness (QED) is 0.510. The average Bonchev–Trinajstić information content (AvgIpc) is 2.75. The smallest absolute Gasteiger partial charge is 0.319 e. The standard InChI is InChI=1S/C21H22N4O4S/c1-2-29-20-8-4-3-7-19(20)25-30(27,28)18-11-9-17(10-12-18)24-21(26)23-15-16-6-5-13-22-14-16/h3-14,25H,2,15H2,1H3,(H2,23,24,26). The van der Waals surface area contributed by atoms with E-state index in [0.29, 0.717) is 30.3 Å². The first kappa shape index (κ1) is 21.1. The Morgan fingerprint density at radius 2 is 1.80 bits per heavy atom. The monoisotopic (exact) mass is 426 g/mol. The number of rotatable bonds is 8. The van der Waals surface area contributed by atoms with E-state index in [0.717, 1.165) is 5.56 Å². The lowest BCUT2D eigenvalue weighted by molar-refractivity contribution is 0.251. The number of amides is 2. The van der Waals surface area contributed by atoms with Crippen LogP contribution in [0.3, 0.4) is 0 Å². The molecule has 1 heterocycles. The van der Waals surface area contributed by atoms with Crippen molar-refractivity contribution in [3.63, 3.8) is 0 Å². The van der Waals surface area contributed by atoms with Crippen LogP contribution in [-0.4, -0.2) is 26.0 Å². The van der Waals surface area contributed by atoms with Crippen molar-refractivity contribution in [2.24, 2.45) is 0 Å². The summed E-state index contributed by atoms with van der Waals surface area (Å²) in [6.07, 6.45) is 3.32. The molecule has 0 fully saturated rings. The van der Waals surface area contributed by atoms with Crippen molar-refractivity contribution in [2.75, 3.05) is 16.6 Å². The predicted octanol–water partition coefficient (Wildman–Crippen LogP) is 3.60. The van der Waals surface area contributed by atoms with Gasteiger partial charge in [0.2, 0.25) is 0 Å². The van der Waals surface area contributed by atoms with Crippen molar-refractivity contribution in [2.45, 2.75) is 18.4 Å². The number of nitrogens with one attached hydrogen (secondary N) is 3. The fourth-order valence-electron chi connectivity index (χ4n) is 2.61. The zero-order valence-corrected chi connectivity index (χ0v) is 17.1. The van der Waals surface area contributed by atoms with Gasteiger partial charge in [-0.3, -0.25) is 9.71 Å². The van der Waals surface area contributed by atoms with Crippen LogP contribution in [0, 0.1) is 0 Å². The largest absolute Gasteiger partial charge is 0.492 e. The van der Waals surface area contributed by atoms with Crippen molar-refractivity contribution >= 4 is 27.4 Å². The summed E-state index contributed by atoms with van der Waals surface area (Å²) in [4.78, 5) is 16.1. The molecule has 3 aromatic rings. The zero-order chi connectivity index (χ0) is 21.4. The number of sulfonamides is 1. The van der Waals surface area contributed by atoms with Crippen LogP contribution in [0.2, 0.25) is 0 Å². The Morgan fingerprint density at radius 3 is 2.50 bits per heavy atom. The molecule has 3 rings (SSSR count). The summed E-state index contributed by atoms with van der Waals surface area (Å²) < 4.78 is 33.3. The number of urea groups is 1. The minimum atomic E-state index is -3.81. The van der Waals surface area contributed by atoms with E-state index in [1.54, 1.807) is 42.7 Å². The van der Waals surface area contributed by atoms with Gasteiger partial charge >= 0.3 is 6.03 Å². The molecule has 0 aliphatic carbocycles. The molecule has 30 heavy (non-hydrogen) atoms. The summed E-state index contributed by atoms with van der Waals surface area (Å²) in [7, 11) is -3.81. The number of pyridine rings is 1. The second kappa shape index (κ2) is 9.75. The lowest BCUT2D eigenvalue weighted by atomic mass is 10.3. The van der Waals surface area contributed by atoms with E-state index in [2.05, 4.69) is 20.3 Å². The number of benzene rings is 2. The molecule has 0 atom stereocenters. The number of carbonyl (C=O) groups excluding carboxylic acids is 1. The Labute approximate surface area is 175 Å². The molecule has 3 N–H and O–H groups in total. The number of ether oxygens (including phenoxy) is 1. The van der Waals surface area contributed by atoms with Crippen LogP contribution in [0.25, 0.3) is 0 Å². The Morgan fingerprint density at radius 1 is 1.03 bits per heavy atom. The highest BCUT2D eigenvalue weighted by atomic mass is 32.2. The second-order valence-corrected chi connectivity index (χ2v) is 7.91.